The van der Waals surface area contributed by atoms with Crippen LogP contribution in [0.25, 0.3) is 0 Å². The number of hydrogen-bond acceptors (Lipinski definition) is 0. The molecule has 17 heavy (non-hydrogen) atoms. The van der Waals surface area contributed by atoms with Gasteiger partial charge >= 0.3 is 0 Å². The quantitative estimate of drug-likeness (QED) is 0.762. The first-order valence-corrected chi connectivity index (χ1v) is 6.39. The zero-order valence-corrected chi connectivity index (χ0v) is 9.97. The summed E-state index contributed by atoms with van der Waals surface area (Å²) in [6, 6.07) is 19.8. The highest BCUT2D eigenvalue weighted by atomic mass is 14.9. The van der Waals surface area contributed by atoms with Gasteiger partial charge in [-0.2, -0.15) is 0 Å². The predicted octanol–water partition coefficient (Wildman–Crippen LogP) is 1.94. The van der Waals surface area contributed by atoms with Gasteiger partial charge in [0.15, 0.2) is 0 Å². The lowest BCUT2D eigenvalue weighted by Gasteiger charge is -2.16. The molecular formula is C16H18N+. The zero-order valence-electron chi connectivity index (χ0n) is 9.97. The van der Waals surface area contributed by atoms with E-state index in [1.807, 2.05) is 0 Å². The monoisotopic (exact) mass is 224 g/mol. The Labute approximate surface area is 102 Å². The fourth-order valence-electron chi connectivity index (χ4n) is 2.77. The van der Waals surface area contributed by atoms with E-state index in [0.717, 1.165) is 0 Å². The molecule has 3 rings (SSSR count). The van der Waals surface area contributed by atoms with Gasteiger partial charge in [-0.3, -0.25) is 0 Å². The average Bonchev–Trinajstić information content (AvgIpc) is 2.62. The van der Waals surface area contributed by atoms with E-state index in [2.05, 4.69) is 59.9 Å². The Morgan fingerprint density at radius 2 is 1.65 bits per heavy atom. The molecule has 1 heteroatoms. The first kappa shape index (κ1) is 10.5. The molecule has 1 aliphatic heterocycles. The second kappa shape index (κ2) is 4.72. The molecule has 0 saturated heterocycles. The summed E-state index contributed by atoms with van der Waals surface area (Å²) < 4.78 is 0. The molecule has 1 atom stereocenters. The summed E-state index contributed by atoms with van der Waals surface area (Å²) in [4.78, 5) is 0. The topological polar surface area (TPSA) is 16.6 Å². The molecule has 1 aliphatic rings. The second-order valence-corrected chi connectivity index (χ2v) is 4.73. The van der Waals surface area contributed by atoms with Crippen LogP contribution >= 0.6 is 0 Å². The second-order valence-electron chi connectivity index (χ2n) is 4.73. The molecule has 0 spiro atoms. The molecule has 0 fully saturated rings. The molecule has 0 aromatic heterocycles. The van der Waals surface area contributed by atoms with Gasteiger partial charge in [-0.25, -0.2) is 0 Å². The summed E-state index contributed by atoms with van der Waals surface area (Å²) in [6.07, 6.45) is 1.19. The maximum Gasteiger partial charge on any atom is 0.0866 e. The van der Waals surface area contributed by atoms with Crippen LogP contribution in [0.3, 0.4) is 0 Å². The fourth-order valence-corrected chi connectivity index (χ4v) is 2.77. The minimum atomic E-state index is 0.551. The average molecular weight is 224 g/mol. The lowest BCUT2D eigenvalue weighted by molar-refractivity contribution is -0.654. The van der Waals surface area contributed by atoms with Crippen molar-refractivity contribution in [3.8, 4) is 0 Å². The van der Waals surface area contributed by atoms with Gasteiger partial charge in [0.05, 0.1) is 19.0 Å². The highest BCUT2D eigenvalue weighted by molar-refractivity contribution is 5.38. The van der Waals surface area contributed by atoms with E-state index in [1.54, 1.807) is 0 Å². The molecule has 0 amide bonds. The van der Waals surface area contributed by atoms with E-state index in [4.69, 9.17) is 0 Å². The summed E-state index contributed by atoms with van der Waals surface area (Å²) in [6.45, 7) is 2.38. The van der Waals surface area contributed by atoms with Gasteiger partial charge in [0, 0.05) is 6.42 Å². The molecule has 2 aromatic rings. The van der Waals surface area contributed by atoms with Crippen LogP contribution < -0.4 is 5.32 Å². The van der Waals surface area contributed by atoms with Crippen LogP contribution in [0.1, 0.15) is 22.6 Å². The SMILES string of the molecule is c1ccc([C@@H]2C[NH2+]CCc3ccccc32)cc1. The summed E-state index contributed by atoms with van der Waals surface area (Å²) in [7, 11) is 0. The number of nitrogens with two attached hydrogens (primary N) is 1. The third-order valence-corrected chi connectivity index (χ3v) is 3.65. The van der Waals surface area contributed by atoms with Crippen molar-refractivity contribution in [2.45, 2.75) is 12.3 Å². The Morgan fingerprint density at radius 1 is 0.882 bits per heavy atom. The van der Waals surface area contributed by atoms with Gasteiger partial charge in [-0.15, -0.1) is 0 Å². The van der Waals surface area contributed by atoms with E-state index in [1.165, 1.54) is 36.2 Å². The molecule has 0 bridgehead atoms. The van der Waals surface area contributed by atoms with E-state index in [0.29, 0.717) is 5.92 Å². The normalized spacial score (nSPS) is 19.4. The van der Waals surface area contributed by atoms with Crippen molar-refractivity contribution in [1.29, 1.82) is 0 Å². The Hall–Kier alpha value is -1.60. The Kier molecular flexibility index (Phi) is 2.93. The molecule has 2 N–H and O–H groups in total. The van der Waals surface area contributed by atoms with Crippen LogP contribution in [0.5, 0.6) is 0 Å². The predicted molar refractivity (Wildman–Crippen MR) is 70.1 cm³/mol. The number of rotatable bonds is 1. The molecule has 1 nitrogen and oxygen atoms in total. The van der Waals surface area contributed by atoms with Crippen molar-refractivity contribution in [2.75, 3.05) is 13.1 Å². The molecule has 2 aromatic carbocycles. The summed E-state index contributed by atoms with van der Waals surface area (Å²) in [5, 5.41) is 2.44. The largest absolute Gasteiger partial charge is 0.345 e. The van der Waals surface area contributed by atoms with Crippen molar-refractivity contribution in [3.63, 3.8) is 0 Å². The Morgan fingerprint density at radius 3 is 2.53 bits per heavy atom. The lowest BCUT2D eigenvalue weighted by atomic mass is 9.88. The number of quaternary nitrogens is 1. The van der Waals surface area contributed by atoms with Crippen LogP contribution in [0, 0.1) is 0 Å². The molecule has 1 heterocycles. The van der Waals surface area contributed by atoms with Gasteiger partial charge in [0.2, 0.25) is 0 Å². The third-order valence-electron chi connectivity index (χ3n) is 3.65. The highest BCUT2D eigenvalue weighted by Crippen LogP contribution is 2.27. The van der Waals surface area contributed by atoms with E-state index >= 15 is 0 Å². The first-order valence-electron chi connectivity index (χ1n) is 6.39. The highest BCUT2D eigenvalue weighted by Gasteiger charge is 2.21. The number of hydrogen-bond donors (Lipinski definition) is 1. The van der Waals surface area contributed by atoms with Crippen molar-refractivity contribution in [3.05, 3.63) is 71.3 Å². The number of fused-ring (bicyclic) bond motifs is 1. The van der Waals surface area contributed by atoms with E-state index in [-0.39, 0.29) is 0 Å². The van der Waals surface area contributed by atoms with E-state index < -0.39 is 0 Å². The van der Waals surface area contributed by atoms with Crippen LogP contribution in [0.2, 0.25) is 0 Å². The standard InChI is InChI=1S/C16H17N/c1-2-6-13(7-3-1)16-12-17-11-10-14-8-4-5-9-15(14)16/h1-9,16-17H,10-12H2/p+1/t16-/m0/s1. The summed E-state index contributed by atoms with van der Waals surface area (Å²) in [5.74, 6) is 0.551. The van der Waals surface area contributed by atoms with Crippen molar-refractivity contribution in [2.24, 2.45) is 0 Å². The Balaban J connectivity index is 2.06. The molecule has 86 valence electrons. The fraction of sp³-hybridized carbons (Fsp3) is 0.250. The van der Waals surface area contributed by atoms with Crippen molar-refractivity contribution in [1.82, 2.24) is 0 Å². The van der Waals surface area contributed by atoms with Crippen LogP contribution in [0.4, 0.5) is 0 Å². The van der Waals surface area contributed by atoms with Gasteiger partial charge in [0.25, 0.3) is 0 Å². The Bertz CT molecular complexity index is 490. The van der Waals surface area contributed by atoms with E-state index in [9.17, 15) is 0 Å². The molecule has 0 aliphatic carbocycles. The maximum absolute atomic E-state index is 2.44. The van der Waals surface area contributed by atoms with Gasteiger partial charge in [0.1, 0.15) is 0 Å². The van der Waals surface area contributed by atoms with Crippen LogP contribution in [-0.4, -0.2) is 13.1 Å². The zero-order chi connectivity index (χ0) is 11.5. The molecular weight excluding hydrogens is 206 g/mol. The summed E-state index contributed by atoms with van der Waals surface area (Å²) >= 11 is 0. The van der Waals surface area contributed by atoms with Gasteiger partial charge in [-0.05, 0) is 16.7 Å². The van der Waals surface area contributed by atoms with Crippen LogP contribution in [0.15, 0.2) is 54.6 Å². The first-order chi connectivity index (χ1) is 8.45. The minimum absolute atomic E-state index is 0.551. The van der Waals surface area contributed by atoms with Gasteiger partial charge < -0.3 is 5.32 Å². The van der Waals surface area contributed by atoms with Gasteiger partial charge in [-0.1, -0.05) is 54.6 Å². The smallest absolute Gasteiger partial charge is 0.0866 e. The van der Waals surface area contributed by atoms with Crippen molar-refractivity contribution >= 4 is 0 Å². The maximum atomic E-state index is 2.44. The summed E-state index contributed by atoms with van der Waals surface area (Å²) in [5.41, 5.74) is 4.49. The number of benzene rings is 2. The molecule has 0 radical (unpaired) electrons. The minimum Gasteiger partial charge on any atom is -0.345 e. The lowest BCUT2D eigenvalue weighted by Crippen LogP contribution is -2.85. The molecule has 0 saturated carbocycles. The molecule has 0 unspecified atom stereocenters. The third kappa shape index (κ3) is 2.11. The van der Waals surface area contributed by atoms with Crippen molar-refractivity contribution < 1.29 is 5.32 Å². The van der Waals surface area contributed by atoms with Crippen LogP contribution in [-0.2, 0) is 6.42 Å².